The summed E-state index contributed by atoms with van der Waals surface area (Å²) in [6.07, 6.45) is 6.74. The van der Waals surface area contributed by atoms with Crippen LogP contribution in [0.15, 0.2) is 55.1 Å². The molecule has 0 radical (unpaired) electrons. The molecule has 0 aliphatic carbocycles. The molecule has 5 aromatic heterocycles. The summed E-state index contributed by atoms with van der Waals surface area (Å²) in [7, 11) is -3.50. The molecule has 6 heterocycles. The third-order valence-corrected chi connectivity index (χ3v) is 8.34. The van der Waals surface area contributed by atoms with E-state index in [4.69, 9.17) is 0 Å². The normalized spacial score (nSPS) is 15.3. The minimum absolute atomic E-state index is 0.00436. The lowest BCUT2D eigenvalue weighted by molar-refractivity contribution is 0.0115. The van der Waals surface area contributed by atoms with Gasteiger partial charge < -0.3 is 4.98 Å². The van der Waals surface area contributed by atoms with E-state index in [1.807, 2.05) is 0 Å². The van der Waals surface area contributed by atoms with E-state index in [0.717, 1.165) is 6.26 Å². The van der Waals surface area contributed by atoms with Gasteiger partial charge in [-0.1, -0.05) is 0 Å². The summed E-state index contributed by atoms with van der Waals surface area (Å²) >= 11 is 0. The summed E-state index contributed by atoms with van der Waals surface area (Å²) in [5.74, 6) is -3.76. The number of imidazole rings is 1. The van der Waals surface area contributed by atoms with Crippen LogP contribution in [0.2, 0.25) is 0 Å². The molecule has 7 rings (SSSR count). The number of aromatic nitrogens is 7. The standard InChI is InChI=1S/C30H25F4N9O2S/c1-46(44,45)38-11-16-6-18(9-20(31)8-16)26-27-21(2-4-36-26)39-29(40-27)28-23-22(41-42-28)13-37-25(24(23)32)19-7-17(10-35-12-19)14-43-5-3-30(33,34)15-43/h2,4,6-10,12-13,38H,3,5,11,14-15H2,1H3,(H,39,40)(H,41,42). The highest BCUT2D eigenvalue weighted by Gasteiger charge is 2.38. The predicted octanol–water partition coefficient (Wildman–Crippen LogP) is 4.79. The van der Waals surface area contributed by atoms with E-state index < -0.39 is 27.6 Å². The molecule has 0 unspecified atom stereocenters. The minimum atomic E-state index is -3.50. The largest absolute Gasteiger partial charge is 0.337 e. The maximum atomic E-state index is 16.2. The Bertz CT molecular complexity index is 2240. The summed E-state index contributed by atoms with van der Waals surface area (Å²) in [4.78, 5) is 22.3. The number of pyridine rings is 3. The van der Waals surface area contributed by atoms with E-state index in [2.05, 4.69) is 39.8 Å². The van der Waals surface area contributed by atoms with Crippen LogP contribution >= 0.6 is 0 Å². The van der Waals surface area contributed by atoms with E-state index in [-0.39, 0.29) is 60.7 Å². The number of nitrogens with zero attached hydrogens (tertiary/aromatic N) is 6. The van der Waals surface area contributed by atoms with Gasteiger partial charge in [-0.15, -0.1) is 0 Å². The fraction of sp³-hybridized carbons (Fsp3) is 0.233. The van der Waals surface area contributed by atoms with Gasteiger partial charge in [-0.2, -0.15) is 5.10 Å². The fourth-order valence-corrected chi connectivity index (χ4v) is 6.05. The van der Waals surface area contributed by atoms with Crippen molar-refractivity contribution in [2.24, 2.45) is 0 Å². The number of benzene rings is 1. The SMILES string of the molecule is CS(=O)(=O)NCc1cc(F)cc(-c2nccc3[nH]c(-c4[nH]nc5cnc(-c6cncc(CN7CCC(F)(F)C7)c6)c(F)c45)nc23)c1. The van der Waals surface area contributed by atoms with Gasteiger partial charge in [-0.25, -0.2) is 35.7 Å². The topological polar surface area (TPSA) is 145 Å². The lowest BCUT2D eigenvalue weighted by atomic mass is 10.1. The number of alkyl halides is 2. The summed E-state index contributed by atoms with van der Waals surface area (Å²) < 4.78 is 83.6. The molecule has 1 aliphatic heterocycles. The van der Waals surface area contributed by atoms with Crippen LogP contribution in [0.5, 0.6) is 0 Å². The maximum absolute atomic E-state index is 16.2. The quantitative estimate of drug-likeness (QED) is 0.199. The molecule has 1 aromatic carbocycles. The van der Waals surface area contributed by atoms with E-state index in [1.165, 1.54) is 30.7 Å². The van der Waals surface area contributed by atoms with Gasteiger partial charge in [0.05, 0.1) is 35.6 Å². The highest BCUT2D eigenvalue weighted by Crippen LogP contribution is 2.35. The van der Waals surface area contributed by atoms with Crippen molar-refractivity contribution in [1.29, 1.82) is 0 Å². The average molecular weight is 652 g/mol. The Hall–Kier alpha value is -4.80. The first kappa shape index (κ1) is 29.9. The van der Waals surface area contributed by atoms with Gasteiger partial charge in [0.15, 0.2) is 11.6 Å². The van der Waals surface area contributed by atoms with Crippen LogP contribution in [0.3, 0.4) is 0 Å². The number of rotatable bonds is 8. The van der Waals surface area contributed by atoms with Gasteiger partial charge in [0, 0.05) is 55.8 Å². The van der Waals surface area contributed by atoms with Crippen LogP contribution in [0, 0.1) is 11.6 Å². The first-order valence-electron chi connectivity index (χ1n) is 14.1. The molecule has 1 fully saturated rings. The zero-order chi connectivity index (χ0) is 32.2. The molecule has 0 atom stereocenters. The van der Waals surface area contributed by atoms with Crippen LogP contribution in [-0.4, -0.2) is 73.7 Å². The molecule has 0 saturated carbocycles. The number of H-pyrrole nitrogens is 2. The van der Waals surface area contributed by atoms with Gasteiger partial charge in [0.2, 0.25) is 10.0 Å². The lowest BCUT2D eigenvalue weighted by Crippen LogP contribution is -2.24. The van der Waals surface area contributed by atoms with E-state index in [0.29, 0.717) is 39.0 Å². The van der Waals surface area contributed by atoms with Gasteiger partial charge in [-0.05, 0) is 41.5 Å². The molecule has 16 heteroatoms. The van der Waals surface area contributed by atoms with Gasteiger partial charge in [-0.3, -0.25) is 25.0 Å². The van der Waals surface area contributed by atoms with Crippen LogP contribution in [0.4, 0.5) is 17.6 Å². The van der Waals surface area contributed by atoms with Crippen molar-refractivity contribution in [3.8, 4) is 34.0 Å². The van der Waals surface area contributed by atoms with Crippen LogP contribution in [0.25, 0.3) is 56.0 Å². The molecule has 11 nitrogen and oxygen atoms in total. The number of sulfonamides is 1. The Morgan fingerprint density at radius 3 is 2.63 bits per heavy atom. The highest BCUT2D eigenvalue weighted by atomic mass is 32.2. The molecule has 6 aromatic rings. The van der Waals surface area contributed by atoms with Crippen molar-refractivity contribution in [3.63, 3.8) is 0 Å². The van der Waals surface area contributed by atoms with Crippen LogP contribution < -0.4 is 4.72 Å². The molecule has 1 saturated heterocycles. The Labute approximate surface area is 259 Å². The summed E-state index contributed by atoms with van der Waals surface area (Å²) in [6, 6.07) is 7.44. The molecule has 0 spiro atoms. The first-order valence-corrected chi connectivity index (χ1v) is 16.0. The Morgan fingerprint density at radius 1 is 1.02 bits per heavy atom. The zero-order valence-electron chi connectivity index (χ0n) is 24.2. The second-order valence-corrected chi connectivity index (χ2v) is 13.1. The third kappa shape index (κ3) is 5.93. The van der Waals surface area contributed by atoms with Crippen molar-refractivity contribution < 1.29 is 26.0 Å². The lowest BCUT2D eigenvalue weighted by Gasteiger charge is -2.15. The van der Waals surface area contributed by atoms with Crippen LogP contribution in [-0.2, 0) is 23.1 Å². The van der Waals surface area contributed by atoms with Crippen LogP contribution in [0.1, 0.15) is 17.5 Å². The highest BCUT2D eigenvalue weighted by molar-refractivity contribution is 7.88. The Balaban J connectivity index is 1.25. The molecule has 0 amide bonds. The second kappa shape index (κ2) is 11.2. The molecular weight excluding hydrogens is 626 g/mol. The van der Waals surface area contributed by atoms with Crippen molar-refractivity contribution in [3.05, 3.63) is 77.9 Å². The van der Waals surface area contributed by atoms with E-state index >= 15 is 4.39 Å². The smallest absolute Gasteiger partial charge is 0.261 e. The molecule has 0 bridgehead atoms. The summed E-state index contributed by atoms with van der Waals surface area (Å²) in [5, 5.41) is 7.14. The van der Waals surface area contributed by atoms with Gasteiger partial charge in [0.1, 0.15) is 28.2 Å². The third-order valence-electron chi connectivity index (χ3n) is 7.67. The zero-order valence-corrected chi connectivity index (χ0v) is 25.0. The number of aromatic amines is 2. The van der Waals surface area contributed by atoms with Crippen molar-refractivity contribution in [1.82, 2.24) is 44.7 Å². The molecule has 1 aliphatic rings. The number of halogens is 4. The number of fused-ring (bicyclic) bond motifs is 2. The number of hydrogen-bond donors (Lipinski definition) is 3. The average Bonchev–Trinajstić information content (AvgIpc) is 3.72. The Morgan fingerprint density at radius 2 is 1.85 bits per heavy atom. The minimum Gasteiger partial charge on any atom is -0.337 e. The number of hydrogen-bond acceptors (Lipinski definition) is 8. The molecule has 46 heavy (non-hydrogen) atoms. The predicted molar refractivity (Wildman–Crippen MR) is 162 cm³/mol. The number of nitrogens with one attached hydrogen (secondary N) is 3. The fourth-order valence-electron chi connectivity index (χ4n) is 5.62. The van der Waals surface area contributed by atoms with Gasteiger partial charge in [0.25, 0.3) is 5.92 Å². The van der Waals surface area contributed by atoms with Gasteiger partial charge >= 0.3 is 0 Å². The van der Waals surface area contributed by atoms with E-state index in [1.54, 1.807) is 29.3 Å². The first-order chi connectivity index (χ1) is 21.9. The van der Waals surface area contributed by atoms with E-state index in [9.17, 15) is 21.6 Å². The van der Waals surface area contributed by atoms with Crippen molar-refractivity contribution in [2.75, 3.05) is 19.3 Å². The second-order valence-electron chi connectivity index (χ2n) is 11.3. The molecule has 236 valence electrons. The monoisotopic (exact) mass is 651 g/mol. The number of likely N-dealkylation sites (tertiary alicyclic amines) is 1. The van der Waals surface area contributed by atoms with Crippen molar-refractivity contribution >= 4 is 32.0 Å². The molecular formula is C30H25F4N9O2S. The Kier molecular flexibility index (Phi) is 7.29. The summed E-state index contributed by atoms with van der Waals surface area (Å²) in [5.41, 5.74) is 3.47. The molecule has 3 N–H and O–H groups in total. The maximum Gasteiger partial charge on any atom is 0.261 e. The van der Waals surface area contributed by atoms with Crippen molar-refractivity contribution in [2.45, 2.75) is 25.4 Å². The summed E-state index contributed by atoms with van der Waals surface area (Å²) in [6.45, 7) is 0.0365.